The normalized spacial score (nSPS) is 16.0. The second-order valence-corrected chi connectivity index (χ2v) is 6.57. The van der Waals surface area contributed by atoms with Crippen LogP contribution in [0.15, 0.2) is 48.0 Å². The van der Waals surface area contributed by atoms with Gasteiger partial charge in [0.1, 0.15) is 0 Å². The molecule has 1 heterocycles. The van der Waals surface area contributed by atoms with Gasteiger partial charge in [0.05, 0.1) is 38.1 Å². The summed E-state index contributed by atoms with van der Waals surface area (Å²) in [6.45, 7) is 1.90. The van der Waals surface area contributed by atoms with Gasteiger partial charge in [0.25, 0.3) is 0 Å². The van der Waals surface area contributed by atoms with Gasteiger partial charge in [-0.1, -0.05) is 41.9 Å². The van der Waals surface area contributed by atoms with E-state index in [1.54, 1.807) is 31.2 Å². The maximum Gasteiger partial charge on any atom is 0.338 e. The van der Waals surface area contributed by atoms with Crippen molar-refractivity contribution in [1.82, 2.24) is 10.6 Å². The molecule has 2 N–H and O–H groups in total. The standard InChI is InChI=1S/C21H21ClN2O5/c1-4-29-20(25)16-17(12-8-6-5-7-9-12)23-21(26)24-18(16)14-10-13(22)11-15(27-2)19(14)28-3/h5-11,18H,4H2,1-3H3,(H2,23,24,26). The highest BCUT2D eigenvalue weighted by molar-refractivity contribution is 6.31. The van der Waals surface area contributed by atoms with Crippen LogP contribution in [0, 0.1) is 0 Å². The van der Waals surface area contributed by atoms with E-state index in [0.29, 0.717) is 33.3 Å². The molecule has 0 saturated carbocycles. The minimum atomic E-state index is -0.861. The fraction of sp³-hybridized carbons (Fsp3) is 0.238. The van der Waals surface area contributed by atoms with E-state index in [2.05, 4.69) is 10.6 Å². The molecule has 0 fully saturated rings. The van der Waals surface area contributed by atoms with E-state index in [0.717, 1.165) is 0 Å². The van der Waals surface area contributed by atoms with Crippen LogP contribution in [0.2, 0.25) is 5.02 Å². The largest absolute Gasteiger partial charge is 0.493 e. The Morgan fingerprint density at radius 2 is 1.86 bits per heavy atom. The Morgan fingerprint density at radius 1 is 1.14 bits per heavy atom. The van der Waals surface area contributed by atoms with Gasteiger partial charge in [-0.2, -0.15) is 0 Å². The first-order valence-corrected chi connectivity index (χ1v) is 9.33. The topological polar surface area (TPSA) is 85.9 Å². The summed E-state index contributed by atoms with van der Waals surface area (Å²) in [5.74, 6) is 0.176. The van der Waals surface area contributed by atoms with E-state index in [1.807, 2.05) is 18.2 Å². The van der Waals surface area contributed by atoms with E-state index in [1.165, 1.54) is 14.2 Å². The number of methoxy groups -OCH3 is 2. The van der Waals surface area contributed by atoms with Crippen molar-refractivity contribution in [3.8, 4) is 11.5 Å². The van der Waals surface area contributed by atoms with Crippen LogP contribution in [0.3, 0.4) is 0 Å². The first-order chi connectivity index (χ1) is 14.0. The van der Waals surface area contributed by atoms with Gasteiger partial charge >= 0.3 is 12.0 Å². The van der Waals surface area contributed by atoms with Crippen LogP contribution in [0.25, 0.3) is 5.70 Å². The number of nitrogens with one attached hydrogen (secondary N) is 2. The van der Waals surface area contributed by atoms with Crippen molar-refractivity contribution in [3.05, 3.63) is 64.2 Å². The third kappa shape index (κ3) is 4.14. The van der Waals surface area contributed by atoms with E-state index >= 15 is 0 Å². The van der Waals surface area contributed by atoms with Crippen molar-refractivity contribution < 1.29 is 23.8 Å². The molecule has 0 spiro atoms. The van der Waals surface area contributed by atoms with Gasteiger partial charge in [-0.15, -0.1) is 0 Å². The fourth-order valence-electron chi connectivity index (χ4n) is 3.23. The number of halogens is 1. The zero-order chi connectivity index (χ0) is 21.0. The molecule has 0 radical (unpaired) electrons. The predicted octanol–water partition coefficient (Wildman–Crippen LogP) is 3.69. The molecular formula is C21H21ClN2O5. The Labute approximate surface area is 173 Å². The number of carbonyl (C=O) groups excluding carboxylic acids is 2. The molecule has 1 aliphatic heterocycles. The van der Waals surface area contributed by atoms with Gasteiger partial charge in [0.15, 0.2) is 11.5 Å². The zero-order valence-corrected chi connectivity index (χ0v) is 17.0. The lowest BCUT2D eigenvalue weighted by atomic mass is 9.92. The van der Waals surface area contributed by atoms with Gasteiger partial charge in [-0.3, -0.25) is 0 Å². The summed E-state index contributed by atoms with van der Waals surface area (Å²) in [5, 5.41) is 5.87. The van der Waals surface area contributed by atoms with Gasteiger partial charge in [0.2, 0.25) is 0 Å². The predicted molar refractivity (Wildman–Crippen MR) is 109 cm³/mol. The SMILES string of the molecule is CCOC(=O)C1=C(c2ccccc2)NC(=O)NC1c1cc(Cl)cc(OC)c1OC. The molecule has 2 aromatic rings. The third-order valence-corrected chi connectivity index (χ3v) is 4.63. The lowest BCUT2D eigenvalue weighted by Crippen LogP contribution is -2.45. The molecule has 3 rings (SSSR count). The molecule has 152 valence electrons. The maximum absolute atomic E-state index is 12.9. The first kappa shape index (κ1) is 20.5. The Hall–Kier alpha value is -3.19. The molecule has 8 heteroatoms. The highest BCUT2D eigenvalue weighted by Crippen LogP contribution is 2.42. The monoisotopic (exact) mass is 416 g/mol. The lowest BCUT2D eigenvalue weighted by molar-refractivity contribution is -0.138. The highest BCUT2D eigenvalue weighted by atomic mass is 35.5. The van der Waals surface area contributed by atoms with Crippen molar-refractivity contribution in [2.45, 2.75) is 13.0 Å². The van der Waals surface area contributed by atoms with Gasteiger partial charge in [-0.05, 0) is 18.6 Å². The van der Waals surface area contributed by atoms with Gasteiger partial charge < -0.3 is 24.8 Å². The van der Waals surface area contributed by atoms with Crippen LogP contribution < -0.4 is 20.1 Å². The third-order valence-electron chi connectivity index (χ3n) is 4.41. The van der Waals surface area contributed by atoms with Crippen LogP contribution in [0.5, 0.6) is 11.5 Å². The van der Waals surface area contributed by atoms with Crippen molar-refractivity contribution in [1.29, 1.82) is 0 Å². The molecule has 1 unspecified atom stereocenters. The second-order valence-electron chi connectivity index (χ2n) is 6.14. The van der Waals surface area contributed by atoms with Crippen LogP contribution >= 0.6 is 11.6 Å². The number of amides is 2. The summed E-state index contributed by atoms with van der Waals surface area (Å²) in [5.41, 5.74) is 1.74. The van der Waals surface area contributed by atoms with Gasteiger partial charge in [0, 0.05) is 16.7 Å². The number of ether oxygens (including phenoxy) is 3. The average molecular weight is 417 g/mol. The van der Waals surface area contributed by atoms with Crippen LogP contribution in [-0.4, -0.2) is 32.8 Å². The van der Waals surface area contributed by atoms with Crippen LogP contribution in [0.4, 0.5) is 4.79 Å². The summed E-state index contributed by atoms with van der Waals surface area (Å²) in [6.07, 6.45) is 0. The number of rotatable bonds is 6. The van der Waals surface area contributed by atoms with Crippen molar-refractivity contribution >= 4 is 29.3 Å². The molecular weight excluding hydrogens is 396 g/mol. The van der Waals surface area contributed by atoms with Crippen molar-refractivity contribution in [2.24, 2.45) is 0 Å². The smallest absolute Gasteiger partial charge is 0.338 e. The molecule has 29 heavy (non-hydrogen) atoms. The highest BCUT2D eigenvalue weighted by Gasteiger charge is 2.36. The van der Waals surface area contributed by atoms with Crippen molar-refractivity contribution in [2.75, 3.05) is 20.8 Å². The molecule has 2 amide bonds. The molecule has 0 aromatic heterocycles. The Bertz CT molecular complexity index is 959. The number of benzene rings is 2. The minimum absolute atomic E-state index is 0.182. The number of urea groups is 1. The number of hydrogen-bond acceptors (Lipinski definition) is 5. The van der Waals surface area contributed by atoms with E-state index < -0.39 is 18.0 Å². The molecule has 0 aliphatic carbocycles. The number of carbonyl (C=O) groups is 2. The van der Waals surface area contributed by atoms with E-state index in [9.17, 15) is 9.59 Å². The molecule has 1 aliphatic rings. The molecule has 7 nitrogen and oxygen atoms in total. The lowest BCUT2D eigenvalue weighted by Gasteiger charge is -2.30. The summed E-state index contributed by atoms with van der Waals surface area (Å²) in [6, 6.07) is 11.0. The summed E-state index contributed by atoms with van der Waals surface area (Å²) in [7, 11) is 2.96. The summed E-state index contributed by atoms with van der Waals surface area (Å²) >= 11 is 6.26. The Morgan fingerprint density at radius 3 is 2.48 bits per heavy atom. The summed E-state index contributed by atoms with van der Waals surface area (Å²) < 4.78 is 16.2. The number of hydrogen-bond donors (Lipinski definition) is 2. The zero-order valence-electron chi connectivity index (χ0n) is 16.2. The Balaban J connectivity index is 2.28. The minimum Gasteiger partial charge on any atom is -0.493 e. The fourth-order valence-corrected chi connectivity index (χ4v) is 3.45. The second kappa shape index (κ2) is 8.87. The van der Waals surface area contributed by atoms with Crippen LogP contribution in [0.1, 0.15) is 24.1 Å². The van der Waals surface area contributed by atoms with Gasteiger partial charge in [-0.25, -0.2) is 9.59 Å². The quantitative estimate of drug-likeness (QED) is 0.701. The van der Waals surface area contributed by atoms with E-state index in [-0.39, 0.29) is 12.2 Å². The van der Waals surface area contributed by atoms with Crippen molar-refractivity contribution in [3.63, 3.8) is 0 Å². The first-order valence-electron chi connectivity index (χ1n) is 8.95. The molecule has 1 atom stereocenters. The average Bonchev–Trinajstić information content (AvgIpc) is 2.73. The number of esters is 1. The summed E-state index contributed by atoms with van der Waals surface area (Å²) in [4.78, 5) is 25.4. The van der Waals surface area contributed by atoms with Crippen LogP contribution in [-0.2, 0) is 9.53 Å². The molecule has 0 bridgehead atoms. The molecule has 0 saturated heterocycles. The maximum atomic E-state index is 12.9. The molecule has 2 aromatic carbocycles. The van der Waals surface area contributed by atoms with E-state index in [4.69, 9.17) is 25.8 Å². The Kier molecular flexibility index (Phi) is 6.29.